The first-order valence-electron chi connectivity index (χ1n) is 17.1. The fraction of sp³-hybridized carbons (Fsp3) is 0.538. The predicted octanol–water partition coefficient (Wildman–Crippen LogP) is 8.94. The molecule has 6 nitrogen and oxygen atoms in total. The molecule has 0 amide bonds. The van der Waals surface area contributed by atoms with Crippen LogP contribution in [-0.2, 0) is 10.2 Å². The van der Waals surface area contributed by atoms with Crippen molar-refractivity contribution in [3.63, 3.8) is 0 Å². The standard InChI is InChI=1S/C14H20N2.C13H19N.C12H18N2O/c1-11-6-5-7-16(11)13-8-12(9-15-10-13)14(2,3)4;1-11(2)12-6-5-7-13(10-12)14-8-3-4-9-14;1-10(2)11-7-12(9-13-8-11)14-3-5-15-6-4-14/h8-10H,1,5-7H2,2-4H3;5-7,10-11H,3-4,8-9H2,1-2H3;7-10H,3-6H2,1-2H3. The van der Waals surface area contributed by atoms with E-state index in [0.29, 0.717) is 11.8 Å². The molecule has 3 saturated heterocycles. The molecule has 0 unspecified atom stereocenters. The minimum atomic E-state index is 0.157. The quantitative estimate of drug-likeness (QED) is 0.287. The van der Waals surface area contributed by atoms with Gasteiger partial charge in [0.05, 0.1) is 37.0 Å². The van der Waals surface area contributed by atoms with Gasteiger partial charge in [0.25, 0.3) is 0 Å². The average Bonchev–Trinajstić information content (AvgIpc) is 3.74. The Hall–Kier alpha value is -3.38. The number of pyridine rings is 2. The first-order chi connectivity index (χ1) is 21.5. The van der Waals surface area contributed by atoms with E-state index in [1.165, 1.54) is 71.8 Å². The van der Waals surface area contributed by atoms with Gasteiger partial charge >= 0.3 is 0 Å². The van der Waals surface area contributed by atoms with E-state index < -0.39 is 0 Å². The SMILES string of the molecule is C=C1CCCN1c1cncc(C(C)(C)C)c1.CC(C)c1cccc(N2CCCC2)c1.CC(C)c1cncc(N2CCOCC2)c1. The molecule has 0 saturated carbocycles. The molecule has 0 bridgehead atoms. The number of ether oxygens (including phenoxy) is 1. The Bertz CT molecular complexity index is 1350. The Kier molecular flexibility index (Phi) is 12.5. The van der Waals surface area contributed by atoms with Crippen LogP contribution in [-0.4, -0.2) is 55.9 Å². The van der Waals surface area contributed by atoms with Crippen LogP contribution in [0.25, 0.3) is 0 Å². The summed E-state index contributed by atoms with van der Waals surface area (Å²) in [6.45, 7) is 26.8. The van der Waals surface area contributed by atoms with Gasteiger partial charge < -0.3 is 19.4 Å². The number of hydrogen-bond donors (Lipinski definition) is 0. The van der Waals surface area contributed by atoms with E-state index in [2.05, 4.69) is 116 Å². The summed E-state index contributed by atoms with van der Waals surface area (Å²) in [5, 5.41) is 0. The van der Waals surface area contributed by atoms with Crippen LogP contribution in [0.5, 0.6) is 0 Å². The number of rotatable bonds is 5. The Morgan fingerprint density at radius 2 is 1.31 bits per heavy atom. The summed E-state index contributed by atoms with van der Waals surface area (Å²) in [5.41, 5.74) is 9.24. The average molecular weight is 612 g/mol. The lowest BCUT2D eigenvalue weighted by atomic mass is 9.88. The third-order valence-electron chi connectivity index (χ3n) is 8.93. The van der Waals surface area contributed by atoms with Crippen molar-refractivity contribution in [2.24, 2.45) is 0 Å². The second kappa shape index (κ2) is 16.3. The highest BCUT2D eigenvalue weighted by molar-refractivity contribution is 5.53. The zero-order valence-corrected chi connectivity index (χ0v) is 29.1. The van der Waals surface area contributed by atoms with Crippen LogP contribution in [0.3, 0.4) is 0 Å². The molecule has 6 rings (SSSR count). The van der Waals surface area contributed by atoms with Crippen molar-refractivity contribution in [1.29, 1.82) is 0 Å². The van der Waals surface area contributed by atoms with Gasteiger partial charge in [0.2, 0.25) is 0 Å². The maximum absolute atomic E-state index is 5.34. The number of anilines is 3. The molecule has 3 aromatic rings. The minimum Gasteiger partial charge on any atom is -0.378 e. The number of allylic oxidation sites excluding steroid dienone is 1. The fourth-order valence-electron chi connectivity index (χ4n) is 5.84. The monoisotopic (exact) mass is 611 g/mol. The molecule has 0 atom stereocenters. The van der Waals surface area contributed by atoms with Crippen LogP contribution in [0.4, 0.5) is 17.1 Å². The van der Waals surface area contributed by atoms with Gasteiger partial charge in [-0.3, -0.25) is 9.97 Å². The molecule has 1 aromatic carbocycles. The Balaban J connectivity index is 0.000000154. The van der Waals surface area contributed by atoms with E-state index >= 15 is 0 Å². The summed E-state index contributed by atoms with van der Waals surface area (Å²) < 4.78 is 5.34. The summed E-state index contributed by atoms with van der Waals surface area (Å²) in [4.78, 5) is 15.8. The smallest absolute Gasteiger partial charge is 0.0642 e. The summed E-state index contributed by atoms with van der Waals surface area (Å²) in [6.07, 6.45) is 12.8. The van der Waals surface area contributed by atoms with Crippen molar-refractivity contribution in [3.8, 4) is 0 Å². The first kappa shape index (κ1) is 34.5. The van der Waals surface area contributed by atoms with E-state index in [9.17, 15) is 0 Å². The number of hydrogen-bond acceptors (Lipinski definition) is 6. The summed E-state index contributed by atoms with van der Waals surface area (Å²) in [7, 11) is 0. The van der Waals surface area contributed by atoms with Crippen molar-refractivity contribution in [1.82, 2.24) is 9.97 Å². The lowest BCUT2D eigenvalue weighted by Gasteiger charge is -2.29. The summed E-state index contributed by atoms with van der Waals surface area (Å²) in [5.74, 6) is 1.18. The number of morpholine rings is 1. The second-order valence-electron chi connectivity index (χ2n) is 14.2. The first-order valence-corrected chi connectivity index (χ1v) is 17.1. The zero-order chi connectivity index (χ0) is 32.4. The molecule has 3 aliphatic heterocycles. The van der Waals surface area contributed by atoms with E-state index in [-0.39, 0.29) is 5.41 Å². The molecule has 3 aliphatic rings. The highest BCUT2D eigenvalue weighted by Crippen LogP contribution is 2.30. The number of nitrogens with zero attached hydrogens (tertiary/aromatic N) is 5. The van der Waals surface area contributed by atoms with E-state index in [0.717, 1.165) is 39.3 Å². The summed E-state index contributed by atoms with van der Waals surface area (Å²) >= 11 is 0. The van der Waals surface area contributed by atoms with E-state index in [1.807, 2.05) is 24.8 Å². The highest BCUT2D eigenvalue weighted by atomic mass is 16.5. The van der Waals surface area contributed by atoms with Crippen molar-refractivity contribution in [3.05, 3.63) is 90.2 Å². The molecule has 0 aliphatic carbocycles. The van der Waals surface area contributed by atoms with Gasteiger partial charge in [-0.05, 0) is 83.9 Å². The molecule has 0 spiro atoms. The van der Waals surface area contributed by atoms with Gasteiger partial charge in [0.1, 0.15) is 0 Å². The molecule has 244 valence electrons. The Morgan fingerprint density at radius 1 is 0.689 bits per heavy atom. The normalized spacial score (nSPS) is 16.9. The molecule has 5 heterocycles. The predicted molar refractivity (Wildman–Crippen MR) is 192 cm³/mol. The Labute approximate surface area is 273 Å². The van der Waals surface area contributed by atoms with Crippen molar-refractivity contribution >= 4 is 17.1 Å². The van der Waals surface area contributed by atoms with Crippen molar-refractivity contribution in [2.45, 2.75) is 91.4 Å². The third kappa shape index (κ3) is 10.1. The molecule has 0 radical (unpaired) electrons. The van der Waals surface area contributed by atoms with Crippen LogP contribution in [0.15, 0.2) is 73.5 Å². The maximum Gasteiger partial charge on any atom is 0.0642 e. The molecule has 6 heteroatoms. The van der Waals surface area contributed by atoms with Gasteiger partial charge in [-0.15, -0.1) is 0 Å². The van der Waals surface area contributed by atoms with Crippen molar-refractivity contribution < 1.29 is 4.74 Å². The maximum atomic E-state index is 5.34. The lowest BCUT2D eigenvalue weighted by Crippen LogP contribution is -2.36. The van der Waals surface area contributed by atoms with Crippen LogP contribution >= 0.6 is 0 Å². The molecular weight excluding hydrogens is 554 g/mol. The van der Waals surface area contributed by atoms with E-state index in [1.54, 1.807) is 0 Å². The molecule has 2 aromatic heterocycles. The third-order valence-corrected chi connectivity index (χ3v) is 8.93. The van der Waals surface area contributed by atoms with Gasteiger partial charge in [-0.2, -0.15) is 0 Å². The summed E-state index contributed by atoms with van der Waals surface area (Å²) in [6, 6.07) is 13.5. The van der Waals surface area contributed by atoms with Crippen LogP contribution in [0, 0.1) is 0 Å². The van der Waals surface area contributed by atoms with Crippen LogP contribution in [0.2, 0.25) is 0 Å². The molecular formula is C39H57N5O. The van der Waals surface area contributed by atoms with Crippen molar-refractivity contribution in [2.75, 3.05) is 60.6 Å². The zero-order valence-electron chi connectivity index (χ0n) is 29.1. The lowest BCUT2D eigenvalue weighted by molar-refractivity contribution is 0.122. The van der Waals surface area contributed by atoms with Gasteiger partial charge in [-0.1, -0.05) is 67.2 Å². The molecule has 45 heavy (non-hydrogen) atoms. The van der Waals surface area contributed by atoms with Crippen LogP contribution < -0.4 is 14.7 Å². The topological polar surface area (TPSA) is 44.7 Å². The molecule has 3 fully saturated rings. The van der Waals surface area contributed by atoms with Gasteiger partial charge in [-0.25, -0.2) is 0 Å². The highest BCUT2D eigenvalue weighted by Gasteiger charge is 2.20. The van der Waals surface area contributed by atoms with Crippen LogP contribution in [0.1, 0.15) is 103 Å². The Morgan fingerprint density at radius 3 is 1.93 bits per heavy atom. The fourth-order valence-corrected chi connectivity index (χ4v) is 5.84. The van der Waals surface area contributed by atoms with Gasteiger partial charge in [0.15, 0.2) is 0 Å². The second-order valence-corrected chi connectivity index (χ2v) is 14.2. The number of benzene rings is 1. The van der Waals surface area contributed by atoms with E-state index in [4.69, 9.17) is 4.74 Å². The minimum absolute atomic E-state index is 0.157. The van der Waals surface area contributed by atoms with Gasteiger partial charge in [0, 0.05) is 56.5 Å². The molecule has 0 N–H and O–H groups in total. The largest absolute Gasteiger partial charge is 0.378 e. The number of aromatic nitrogens is 2.